The molecule has 1 aliphatic heterocycles. The molecule has 0 radical (unpaired) electrons. The first-order valence-electron chi connectivity index (χ1n) is 6.60. The third-order valence-corrected chi connectivity index (χ3v) is 3.40. The number of rotatable bonds is 4. The van der Waals surface area contributed by atoms with Crippen LogP contribution in [-0.2, 0) is 6.54 Å². The molecule has 0 unspecified atom stereocenters. The predicted octanol–water partition coefficient (Wildman–Crippen LogP) is 3.41. The molecule has 0 aliphatic carbocycles. The van der Waals surface area contributed by atoms with Crippen LogP contribution in [0.15, 0.2) is 42.5 Å². The third-order valence-electron chi connectivity index (χ3n) is 3.40. The van der Waals surface area contributed by atoms with Crippen LogP contribution in [0.3, 0.4) is 0 Å². The Balaban J connectivity index is 1.64. The Labute approximate surface area is 117 Å². The van der Waals surface area contributed by atoms with Gasteiger partial charge in [0.25, 0.3) is 0 Å². The minimum Gasteiger partial charge on any atom is -0.454 e. The molecule has 1 aliphatic rings. The van der Waals surface area contributed by atoms with Crippen LogP contribution >= 0.6 is 0 Å². The summed E-state index contributed by atoms with van der Waals surface area (Å²) in [6, 6.07) is 12.6. The standard InChI is InChI=1S/C16H16FNO2/c1-11(13-3-2-4-14(17)8-13)18-9-12-5-6-15-16(7-12)20-10-19-15/h2-8,11,18H,9-10H2,1H3/t11-/m1/s1. The Morgan fingerprint density at radius 2 is 2.00 bits per heavy atom. The number of benzene rings is 2. The van der Waals surface area contributed by atoms with Gasteiger partial charge in [-0.05, 0) is 42.3 Å². The highest BCUT2D eigenvalue weighted by Crippen LogP contribution is 2.32. The summed E-state index contributed by atoms with van der Waals surface area (Å²) in [6.07, 6.45) is 0. The van der Waals surface area contributed by atoms with Gasteiger partial charge in [0.15, 0.2) is 11.5 Å². The Bertz CT molecular complexity index is 615. The summed E-state index contributed by atoms with van der Waals surface area (Å²) in [5.41, 5.74) is 2.04. The molecule has 4 heteroatoms. The molecule has 0 bridgehead atoms. The molecule has 0 spiro atoms. The maximum atomic E-state index is 13.2. The lowest BCUT2D eigenvalue weighted by atomic mass is 10.1. The summed E-state index contributed by atoms with van der Waals surface area (Å²) in [5, 5.41) is 3.37. The van der Waals surface area contributed by atoms with Gasteiger partial charge in [0.05, 0.1) is 0 Å². The van der Waals surface area contributed by atoms with Gasteiger partial charge in [-0.3, -0.25) is 0 Å². The zero-order valence-electron chi connectivity index (χ0n) is 11.2. The first-order chi connectivity index (χ1) is 9.72. The summed E-state index contributed by atoms with van der Waals surface area (Å²) < 4.78 is 23.8. The lowest BCUT2D eigenvalue weighted by Gasteiger charge is -2.14. The van der Waals surface area contributed by atoms with Crippen molar-refractivity contribution in [3.63, 3.8) is 0 Å². The van der Waals surface area contributed by atoms with Crippen LogP contribution in [0.25, 0.3) is 0 Å². The van der Waals surface area contributed by atoms with E-state index in [1.54, 1.807) is 12.1 Å². The van der Waals surface area contributed by atoms with E-state index in [0.29, 0.717) is 6.54 Å². The van der Waals surface area contributed by atoms with Gasteiger partial charge in [-0.25, -0.2) is 4.39 Å². The minimum absolute atomic E-state index is 0.0797. The molecule has 0 saturated carbocycles. The fourth-order valence-corrected chi connectivity index (χ4v) is 2.22. The summed E-state index contributed by atoms with van der Waals surface area (Å²) in [7, 11) is 0. The number of ether oxygens (including phenoxy) is 2. The van der Waals surface area contributed by atoms with Crippen LogP contribution in [0.5, 0.6) is 11.5 Å². The largest absolute Gasteiger partial charge is 0.454 e. The van der Waals surface area contributed by atoms with Crippen LogP contribution < -0.4 is 14.8 Å². The molecular formula is C16H16FNO2. The Kier molecular flexibility index (Phi) is 3.56. The molecule has 0 fully saturated rings. The van der Waals surface area contributed by atoms with Crippen molar-refractivity contribution < 1.29 is 13.9 Å². The second kappa shape index (κ2) is 5.51. The van der Waals surface area contributed by atoms with E-state index in [-0.39, 0.29) is 18.7 Å². The molecule has 2 aromatic carbocycles. The van der Waals surface area contributed by atoms with Crippen molar-refractivity contribution in [3.05, 3.63) is 59.4 Å². The van der Waals surface area contributed by atoms with Gasteiger partial charge in [0, 0.05) is 12.6 Å². The van der Waals surface area contributed by atoms with E-state index in [4.69, 9.17) is 9.47 Å². The third kappa shape index (κ3) is 2.75. The lowest BCUT2D eigenvalue weighted by molar-refractivity contribution is 0.174. The van der Waals surface area contributed by atoms with E-state index in [9.17, 15) is 4.39 Å². The lowest BCUT2D eigenvalue weighted by Crippen LogP contribution is -2.18. The molecule has 0 aromatic heterocycles. The molecule has 3 nitrogen and oxygen atoms in total. The molecular weight excluding hydrogens is 257 g/mol. The van der Waals surface area contributed by atoms with Crippen LogP contribution in [0, 0.1) is 5.82 Å². The number of halogens is 1. The van der Waals surface area contributed by atoms with Gasteiger partial charge in [0.1, 0.15) is 5.82 Å². The van der Waals surface area contributed by atoms with Crippen LogP contribution in [0.2, 0.25) is 0 Å². The van der Waals surface area contributed by atoms with E-state index >= 15 is 0 Å². The maximum Gasteiger partial charge on any atom is 0.231 e. The van der Waals surface area contributed by atoms with Gasteiger partial charge in [-0.15, -0.1) is 0 Å². The zero-order valence-corrected chi connectivity index (χ0v) is 11.2. The molecule has 104 valence electrons. The van der Waals surface area contributed by atoms with Crippen LogP contribution in [0.4, 0.5) is 4.39 Å². The van der Waals surface area contributed by atoms with Gasteiger partial charge >= 0.3 is 0 Å². The maximum absolute atomic E-state index is 13.2. The average Bonchev–Trinajstić information content (AvgIpc) is 2.92. The summed E-state index contributed by atoms with van der Waals surface area (Å²) >= 11 is 0. The number of hydrogen-bond donors (Lipinski definition) is 1. The van der Waals surface area contributed by atoms with Crippen molar-refractivity contribution >= 4 is 0 Å². The molecule has 1 N–H and O–H groups in total. The van der Waals surface area contributed by atoms with E-state index in [1.165, 1.54) is 6.07 Å². The van der Waals surface area contributed by atoms with Crippen molar-refractivity contribution in [1.29, 1.82) is 0 Å². The summed E-state index contributed by atoms with van der Waals surface area (Å²) in [6.45, 7) is 2.99. The van der Waals surface area contributed by atoms with Crippen molar-refractivity contribution in [3.8, 4) is 11.5 Å². The molecule has 20 heavy (non-hydrogen) atoms. The smallest absolute Gasteiger partial charge is 0.231 e. The highest BCUT2D eigenvalue weighted by atomic mass is 19.1. The topological polar surface area (TPSA) is 30.5 Å². The molecule has 0 saturated heterocycles. The molecule has 2 aromatic rings. The first kappa shape index (κ1) is 12.9. The number of nitrogens with one attached hydrogen (secondary N) is 1. The van der Waals surface area contributed by atoms with E-state index < -0.39 is 0 Å². The second-order valence-electron chi connectivity index (χ2n) is 4.85. The second-order valence-corrected chi connectivity index (χ2v) is 4.85. The highest BCUT2D eigenvalue weighted by Gasteiger charge is 2.13. The van der Waals surface area contributed by atoms with E-state index in [0.717, 1.165) is 22.6 Å². The van der Waals surface area contributed by atoms with Gasteiger partial charge in [0.2, 0.25) is 6.79 Å². The first-order valence-corrected chi connectivity index (χ1v) is 6.60. The van der Waals surface area contributed by atoms with Crippen molar-refractivity contribution in [2.45, 2.75) is 19.5 Å². The fourth-order valence-electron chi connectivity index (χ4n) is 2.22. The van der Waals surface area contributed by atoms with Crippen LogP contribution in [-0.4, -0.2) is 6.79 Å². The Hall–Kier alpha value is -2.07. The monoisotopic (exact) mass is 273 g/mol. The molecule has 1 heterocycles. The van der Waals surface area contributed by atoms with Gasteiger partial charge < -0.3 is 14.8 Å². The Morgan fingerprint density at radius 1 is 1.15 bits per heavy atom. The zero-order chi connectivity index (χ0) is 13.9. The molecule has 0 amide bonds. The minimum atomic E-state index is -0.209. The highest BCUT2D eigenvalue weighted by molar-refractivity contribution is 5.44. The van der Waals surface area contributed by atoms with E-state index in [2.05, 4.69) is 5.32 Å². The van der Waals surface area contributed by atoms with Crippen molar-refractivity contribution in [2.24, 2.45) is 0 Å². The van der Waals surface area contributed by atoms with Crippen molar-refractivity contribution in [1.82, 2.24) is 5.32 Å². The fraction of sp³-hybridized carbons (Fsp3) is 0.250. The van der Waals surface area contributed by atoms with Gasteiger partial charge in [-0.2, -0.15) is 0 Å². The predicted molar refractivity (Wildman–Crippen MR) is 74.2 cm³/mol. The summed E-state index contributed by atoms with van der Waals surface area (Å²) in [5.74, 6) is 1.36. The number of hydrogen-bond acceptors (Lipinski definition) is 3. The normalized spacial score (nSPS) is 14.3. The summed E-state index contributed by atoms with van der Waals surface area (Å²) in [4.78, 5) is 0. The van der Waals surface area contributed by atoms with Gasteiger partial charge in [-0.1, -0.05) is 18.2 Å². The Morgan fingerprint density at radius 3 is 2.85 bits per heavy atom. The van der Waals surface area contributed by atoms with Crippen molar-refractivity contribution in [2.75, 3.05) is 6.79 Å². The number of fused-ring (bicyclic) bond motifs is 1. The molecule has 3 rings (SSSR count). The van der Waals surface area contributed by atoms with E-state index in [1.807, 2.05) is 31.2 Å². The van der Waals surface area contributed by atoms with Crippen LogP contribution in [0.1, 0.15) is 24.1 Å². The molecule has 1 atom stereocenters. The SMILES string of the molecule is C[C@@H](NCc1ccc2c(c1)OCO2)c1cccc(F)c1. The average molecular weight is 273 g/mol. The quantitative estimate of drug-likeness (QED) is 0.926.